The van der Waals surface area contributed by atoms with Gasteiger partial charge in [-0.3, -0.25) is 9.48 Å². The van der Waals surface area contributed by atoms with E-state index in [1.165, 1.54) is 53.3 Å². The number of amides is 1. The van der Waals surface area contributed by atoms with Crippen molar-refractivity contribution in [3.05, 3.63) is 92.9 Å². The number of hydrogen-bond donors (Lipinski definition) is 1. The summed E-state index contributed by atoms with van der Waals surface area (Å²) in [7, 11) is 0. The van der Waals surface area contributed by atoms with Gasteiger partial charge in [0.25, 0.3) is 5.91 Å². The molecule has 2 heterocycles. The van der Waals surface area contributed by atoms with E-state index in [-0.39, 0.29) is 40.5 Å². The first-order valence-electron chi connectivity index (χ1n) is 9.62. The van der Waals surface area contributed by atoms with Crippen molar-refractivity contribution in [3.63, 3.8) is 0 Å². The Bertz CT molecular complexity index is 1310. The molecule has 0 saturated heterocycles. The van der Waals surface area contributed by atoms with Crippen LogP contribution in [0.3, 0.4) is 0 Å². The molecule has 2 aromatic carbocycles. The Morgan fingerprint density at radius 3 is 2.58 bits per heavy atom. The Labute approximate surface area is 196 Å². The van der Waals surface area contributed by atoms with Crippen LogP contribution in [0.5, 0.6) is 5.75 Å². The molecule has 0 spiro atoms. The monoisotopic (exact) mass is 492 g/mol. The second-order valence-electron chi connectivity index (χ2n) is 7.02. The third-order valence-corrected chi connectivity index (χ3v) is 5.32. The summed E-state index contributed by atoms with van der Waals surface area (Å²) in [5.41, 5.74) is 1.05. The Morgan fingerprint density at radius 1 is 1.12 bits per heavy atom. The molecule has 0 atom stereocenters. The molecule has 0 radical (unpaired) electrons. The summed E-state index contributed by atoms with van der Waals surface area (Å²) >= 11 is 12.3. The van der Waals surface area contributed by atoms with E-state index in [1.807, 2.05) is 0 Å². The number of anilines is 1. The van der Waals surface area contributed by atoms with Crippen molar-refractivity contribution in [1.29, 1.82) is 0 Å². The maximum Gasteiger partial charge on any atom is 0.279 e. The Kier molecular flexibility index (Phi) is 6.62. The van der Waals surface area contributed by atoms with E-state index in [4.69, 9.17) is 32.5 Å². The summed E-state index contributed by atoms with van der Waals surface area (Å²) in [4.78, 5) is 12.8. The third-order valence-electron chi connectivity index (χ3n) is 4.69. The number of aromatic nitrogens is 3. The minimum atomic E-state index is -0.600. The van der Waals surface area contributed by atoms with Gasteiger partial charge in [0.05, 0.1) is 12.1 Å². The van der Waals surface area contributed by atoms with Crippen LogP contribution >= 0.6 is 23.2 Å². The molecule has 11 heteroatoms. The highest BCUT2D eigenvalue weighted by Crippen LogP contribution is 2.24. The lowest BCUT2D eigenvalue weighted by molar-refractivity contribution is 0.101. The van der Waals surface area contributed by atoms with Gasteiger partial charge in [0, 0.05) is 11.2 Å². The number of nitrogens with one attached hydrogen (secondary N) is 1. The van der Waals surface area contributed by atoms with Gasteiger partial charge in [0.2, 0.25) is 0 Å². The molecule has 0 aliphatic rings. The number of nitrogens with zero attached hydrogens (tertiary/aromatic N) is 3. The highest BCUT2D eigenvalue weighted by atomic mass is 35.5. The number of aryl methyl sites for hydroxylation is 1. The summed E-state index contributed by atoms with van der Waals surface area (Å²) in [6, 6.07) is 9.50. The standard InChI is InChI=1S/C22H16Cl2F2N4O3/c1-12-17(11-32-16-6-4-14(25)5-7-16)20(29-33-12)22(31)27-21-19(24)10-30(28-21)9-13-2-3-15(26)8-18(13)23/h2-8,10H,9,11H2,1H3,(H,27,28,31). The van der Waals surface area contributed by atoms with Crippen LogP contribution in [-0.4, -0.2) is 20.8 Å². The maximum atomic E-state index is 13.2. The summed E-state index contributed by atoms with van der Waals surface area (Å²) in [6.07, 6.45) is 1.50. The molecule has 0 saturated carbocycles. The second-order valence-corrected chi connectivity index (χ2v) is 7.84. The van der Waals surface area contributed by atoms with Crippen molar-refractivity contribution in [2.45, 2.75) is 20.1 Å². The normalized spacial score (nSPS) is 10.9. The van der Waals surface area contributed by atoms with E-state index in [0.29, 0.717) is 22.6 Å². The van der Waals surface area contributed by atoms with E-state index < -0.39 is 11.7 Å². The zero-order chi connectivity index (χ0) is 23.5. The topological polar surface area (TPSA) is 82.2 Å². The Morgan fingerprint density at radius 2 is 1.85 bits per heavy atom. The fraction of sp³-hybridized carbons (Fsp3) is 0.136. The molecule has 2 aromatic heterocycles. The Hall–Kier alpha value is -3.43. The maximum absolute atomic E-state index is 13.2. The molecule has 1 amide bonds. The van der Waals surface area contributed by atoms with Gasteiger partial charge in [-0.2, -0.15) is 5.10 Å². The van der Waals surface area contributed by atoms with Gasteiger partial charge >= 0.3 is 0 Å². The lowest BCUT2D eigenvalue weighted by Gasteiger charge is -2.07. The van der Waals surface area contributed by atoms with Gasteiger partial charge in [-0.1, -0.05) is 34.4 Å². The highest BCUT2D eigenvalue weighted by molar-refractivity contribution is 6.33. The summed E-state index contributed by atoms with van der Waals surface area (Å²) in [6.45, 7) is 1.84. The molecule has 0 bridgehead atoms. The van der Waals surface area contributed by atoms with Gasteiger partial charge in [-0.05, 0) is 48.9 Å². The fourth-order valence-electron chi connectivity index (χ4n) is 2.98. The average molecular weight is 493 g/mol. The number of ether oxygens (including phenoxy) is 1. The minimum Gasteiger partial charge on any atom is -0.489 e. The van der Waals surface area contributed by atoms with Gasteiger partial charge in [-0.25, -0.2) is 8.78 Å². The minimum absolute atomic E-state index is 0.00167. The molecule has 0 fully saturated rings. The SMILES string of the molecule is Cc1onc(C(=O)Nc2nn(Cc3ccc(F)cc3Cl)cc2Cl)c1COc1ccc(F)cc1. The van der Waals surface area contributed by atoms with E-state index in [9.17, 15) is 13.6 Å². The quantitative estimate of drug-likeness (QED) is 0.360. The number of rotatable bonds is 7. The van der Waals surface area contributed by atoms with Crippen molar-refractivity contribution in [3.8, 4) is 5.75 Å². The van der Waals surface area contributed by atoms with Gasteiger partial charge < -0.3 is 14.6 Å². The first-order chi connectivity index (χ1) is 15.8. The summed E-state index contributed by atoms with van der Waals surface area (Å²) in [5.74, 6) is -0.518. The van der Waals surface area contributed by atoms with Crippen LogP contribution in [0, 0.1) is 18.6 Å². The van der Waals surface area contributed by atoms with Crippen LogP contribution in [0.15, 0.2) is 53.2 Å². The fourth-order valence-corrected chi connectivity index (χ4v) is 3.40. The van der Waals surface area contributed by atoms with E-state index in [2.05, 4.69) is 15.6 Å². The smallest absolute Gasteiger partial charge is 0.279 e. The van der Waals surface area contributed by atoms with Crippen LogP contribution in [0.4, 0.5) is 14.6 Å². The van der Waals surface area contributed by atoms with Crippen LogP contribution in [0.25, 0.3) is 0 Å². The molecule has 1 N–H and O–H groups in total. The van der Waals surface area contributed by atoms with Crippen molar-refractivity contribution in [1.82, 2.24) is 14.9 Å². The molecule has 0 aliphatic heterocycles. The van der Waals surface area contributed by atoms with Crippen molar-refractivity contribution in [2.24, 2.45) is 0 Å². The number of benzene rings is 2. The summed E-state index contributed by atoms with van der Waals surface area (Å²) in [5, 5.41) is 11.1. The lowest BCUT2D eigenvalue weighted by Crippen LogP contribution is -2.16. The number of hydrogen-bond acceptors (Lipinski definition) is 5. The first-order valence-corrected chi connectivity index (χ1v) is 10.4. The van der Waals surface area contributed by atoms with Crippen molar-refractivity contribution in [2.75, 3.05) is 5.32 Å². The molecule has 0 unspecified atom stereocenters. The first kappa shape index (κ1) is 22.8. The largest absolute Gasteiger partial charge is 0.489 e. The molecule has 7 nitrogen and oxygen atoms in total. The molecule has 170 valence electrons. The van der Waals surface area contributed by atoms with Crippen LogP contribution < -0.4 is 10.1 Å². The van der Waals surface area contributed by atoms with Crippen LogP contribution in [0.2, 0.25) is 10.0 Å². The second kappa shape index (κ2) is 9.60. The molecule has 4 aromatic rings. The predicted octanol–water partition coefficient (Wildman–Crippen LogP) is 5.64. The van der Waals surface area contributed by atoms with Gasteiger partial charge in [0.1, 0.15) is 34.8 Å². The van der Waals surface area contributed by atoms with Crippen LogP contribution in [-0.2, 0) is 13.2 Å². The predicted molar refractivity (Wildman–Crippen MR) is 118 cm³/mol. The van der Waals surface area contributed by atoms with Crippen LogP contribution in [0.1, 0.15) is 27.4 Å². The zero-order valence-corrected chi connectivity index (χ0v) is 18.6. The van der Waals surface area contributed by atoms with E-state index in [0.717, 1.165) is 0 Å². The molecule has 33 heavy (non-hydrogen) atoms. The lowest BCUT2D eigenvalue weighted by atomic mass is 10.2. The third kappa shape index (κ3) is 5.32. The van der Waals surface area contributed by atoms with Gasteiger partial charge in [0.15, 0.2) is 11.5 Å². The molecular weight excluding hydrogens is 477 g/mol. The number of halogens is 4. The van der Waals surface area contributed by atoms with Gasteiger partial charge in [-0.15, -0.1) is 0 Å². The molecular formula is C22H16Cl2F2N4O3. The highest BCUT2D eigenvalue weighted by Gasteiger charge is 2.22. The average Bonchev–Trinajstić information content (AvgIpc) is 3.31. The Balaban J connectivity index is 1.47. The van der Waals surface area contributed by atoms with Crippen molar-refractivity contribution < 1.29 is 22.8 Å². The van der Waals surface area contributed by atoms with Crippen molar-refractivity contribution >= 4 is 34.9 Å². The van der Waals surface area contributed by atoms with E-state index in [1.54, 1.807) is 6.92 Å². The number of carbonyl (C=O) groups is 1. The molecule has 4 rings (SSSR count). The molecule has 0 aliphatic carbocycles. The van der Waals surface area contributed by atoms with E-state index >= 15 is 0 Å². The number of carbonyl (C=O) groups excluding carboxylic acids is 1. The zero-order valence-electron chi connectivity index (χ0n) is 17.1. The summed E-state index contributed by atoms with van der Waals surface area (Å²) < 4.78 is 38.5.